The maximum Gasteiger partial charge on any atom is 0.247 e. The zero-order valence-electron chi connectivity index (χ0n) is 24.4. The van der Waals surface area contributed by atoms with Gasteiger partial charge in [0.25, 0.3) is 0 Å². The first-order chi connectivity index (χ1) is 20.8. The quantitative estimate of drug-likeness (QED) is 0.290. The molecular formula is C32H39FN4O5S. The molecule has 1 saturated heterocycles. The molecule has 0 bridgehead atoms. The van der Waals surface area contributed by atoms with Crippen LogP contribution in [0.2, 0.25) is 0 Å². The van der Waals surface area contributed by atoms with Gasteiger partial charge in [-0.3, -0.25) is 14.5 Å². The molecule has 3 aromatic carbocycles. The van der Waals surface area contributed by atoms with Gasteiger partial charge in [-0.2, -0.15) is 0 Å². The Morgan fingerprint density at radius 3 is 2.26 bits per heavy atom. The van der Waals surface area contributed by atoms with Gasteiger partial charge in [-0.05, 0) is 47.4 Å². The SMILES string of the molecule is CCNS(=O)(=O)c1ccc(CCC(=O)N(Cc2ccc(F)cc2)[C@H](C(=O)NCCN2CCOCC2)c2ccccc2)cc1. The number of morpholine rings is 1. The largest absolute Gasteiger partial charge is 0.379 e. The molecule has 2 amide bonds. The second-order valence-corrected chi connectivity index (χ2v) is 12.1. The second kappa shape index (κ2) is 15.7. The van der Waals surface area contributed by atoms with Gasteiger partial charge in [0.1, 0.15) is 11.9 Å². The lowest BCUT2D eigenvalue weighted by Gasteiger charge is -2.32. The highest BCUT2D eigenvalue weighted by atomic mass is 32.2. The normalized spacial score (nSPS) is 14.7. The van der Waals surface area contributed by atoms with Crippen molar-refractivity contribution in [3.63, 3.8) is 0 Å². The van der Waals surface area contributed by atoms with Crippen molar-refractivity contribution in [1.82, 2.24) is 19.8 Å². The van der Waals surface area contributed by atoms with Crippen LogP contribution in [-0.2, 0) is 37.3 Å². The number of carbonyl (C=O) groups excluding carboxylic acids is 2. The number of nitrogens with zero attached hydrogens (tertiary/aromatic N) is 2. The van der Waals surface area contributed by atoms with Gasteiger partial charge in [0.05, 0.1) is 18.1 Å². The fraction of sp³-hybridized carbons (Fsp3) is 0.375. The van der Waals surface area contributed by atoms with Crippen molar-refractivity contribution in [2.24, 2.45) is 0 Å². The monoisotopic (exact) mass is 610 g/mol. The summed E-state index contributed by atoms with van der Waals surface area (Å²) in [6.45, 7) is 6.11. The summed E-state index contributed by atoms with van der Waals surface area (Å²) in [7, 11) is -3.58. The Labute approximate surface area is 253 Å². The van der Waals surface area contributed by atoms with Crippen LogP contribution in [0.5, 0.6) is 0 Å². The Morgan fingerprint density at radius 2 is 1.60 bits per heavy atom. The average molecular weight is 611 g/mol. The number of nitrogens with one attached hydrogen (secondary N) is 2. The molecule has 0 saturated carbocycles. The Balaban J connectivity index is 1.54. The predicted octanol–water partition coefficient (Wildman–Crippen LogP) is 3.28. The Hall–Kier alpha value is -3.64. The van der Waals surface area contributed by atoms with Gasteiger partial charge in [-0.15, -0.1) is 0 Å². The number of amides is 2. The van der Waals surface area contributed by atoms with E-state index in [1.807, 2.05) is 30.3 Å². The summed E-state index contributed by atoms with van der Waals surface area (Å²) in [4.78, 5) is 31.6. The van der Waals surface area contributed by atoms with Crippen molar-refractivity contribution >= 4 is 21.8 Å². The van der Waals surface area contributed by atoms with E-state index in [9.17, 15) is 22.4 Å². The molecule has 4 rings (SSSR count). The van der Waals surface area contributed by atoms with Gasteiger partial charge in [0.2, 0.25) is 21.8 Å². The van der Waals surface area contributed by atoms with E-state index >= 15 is 0 Å². The highest BCUT2D eigenvalue weighted by Gasteiger charge is 2.31. The third-order valence-electron chi connectivity index (χ3n) is 7.29. The molecule has 0 aliphatic carbocycles. The molecule has 11 heteroatoms. The molecule has 1 aliphatic rings. The predicted molar refractivity (Wildman–Crippen MR) is 162 cm³/mol. The Kier molecular flexibility index (Phi) is 11.8. The molecule has 0 spiro atoms. The van der Waals surface area contributed by atoms with E-state index < -0.39 is 16.1 Å². The van der Waals surface area contributed by atoms with Crippen molar-refractivity contribution in [2.45, 2.75) is 37.2 Å². The molecule has 43 heavy (non-hydrogen) atoms. The molecule has 230 valence electrons. The number of halogens is 1. The number of aryl methyl sites for hydroxylation is 1. The standard InChI is InChI=1S/C32H39FN4O5S/c1-2-35-43(40,41)29-15-10-25(11-16-29)12-17-30(38)37(24-26-8-13-28(33)14-9-26)31(27-6-4-3-5-7-27)32(39)34-18-19-36-20-22-42-23-21-36/h3-11,13-16,31,35H,2,12,17-24H2,1H3,(H,34,39)/t31-/m0/s1. The number of carbonyl (C=O) groups is 2. The fourth-order valence-electron chi connectivity index (χ4n) is 4.98. The van der Waals surface area contributed by atoms with Crippen molar-refractivity contribution in [3.8, 4) is 0 Å². The van der Waals surface area contributed by atoms with Gasteiger partial charge in [0.15, 0.2) is 0 Å². The van der Waals surface area contributed by atoms with Crippen LogP contribution in [0.1, 0.15) is 36.1 Å². The summed E-state index contributed by atoms with van der Waals surface area (Å²) in [6, 6.07) is 20.5. The maximum atomic E-state index is 13.9. The molecule has 0 radical (unpaired) electrons. The van der Waals surface area contributed by atoms with E-state index in [1.54, 1.807) is 31.2 Å². The molecule has 1 atom stereocenters. The minimum atomic E-state index is -3.58. The van der Waals surface area contributed by atoms with Crippen LogP contribution < -0.4 is 10.0 Å². The molecule has 9 nitrogen and oxygen atoms in total. The van der Waals surface area contributed by atoms with Gasteiger partial charge in [-0.25, -0.2) is 17.5 Å². The molecule has 1 fully saturated rings. The molecule has 0 aromatic heterocycles. The van der Waals surface area contributed by atoms with E-state index in [0.29, 0.717) is 43.9 Å². The lowest BCUT2D eigenvalue weighted by atomic mass is 10.0. The number of ether oxygens (including phenoxy) is 1. The highest BCUT2D eigenvalue weighted by Crippen LogP contribution is 2.25. The lowest BCUT2D eigenvalue weighted by Crippen LogP contribution is -2.46. The number of rotatable bonds is 14. The first-order valence-corrected chi connectivity index (χ1v) is 16.0. The number of benzene rings is 3. The van der Waals surface area contributed by atoms with E-state index in [2.05, 4.69) is 14.9 Å². The van der Waals surface area contributed by atoms with Crippen molar-refractivity contribution < 1.29 is 27.1 Å². The highest BCUT2D eigenvalue weighted by molar-refractivity contribution is 7.89. The maximum absolute atomic E-state index is 13.9. The van der Waals surface area contributed by atoms with Crippen LogP contribution in [0.25, 0.3) is 0 Å². The van der Waals surface area contributed by atoms with Gasteiger partial charge in [0, 0.05) is 45.7 Å². The third-order valence-corrected chi connectivity index (χ3v) is 8.85. The van der Waals surface area contributed by atoms with Crippen LogP contribution in [-0.4, -0.2) is 76.0 Å². The molecule has 1 aliphatic heterocycles. The molecule has 3 aromatic rings. The van der Waals surface area contributed by atoms with Crippen molar-refractivity contribution in [3.05, 3.63) is 101 Å². The first-order valence-electron chi connectivity index (χ1n) is 14.5. The minimum Gasteiger partial charge on any atom is -0.379 e. The summed E-state index contributed by atoms with van der Waals surface area (Å²) < 4.78 is 46.1. The molecule has 0 unspecified atom stereocenters. The third kappa shape index (κ3) is 9.42. The minimum absolute atomic E-state index is 0.0882. The summed E-state index contributed by atoms with van der Waals surface area (Å²) in [6.07, 6.45) is 0.436. The van der Waals surface area contributed by atoms with E-state index in [4.69, 9.17) is 4.74 Å². The van der Waals surface area contributed by atoms with Crippen molar-refractivity contribution in [1.29, 1.82) is 0 Å². The van der Waals surface area contributed by atoms with E-state index in [0.717, 1.165) is 18.7 Å². The Morgan fingerprint density at radius 1 is 0.953 bits per heavy atom. The first kappa shape index (κ1) is 32.3. The van der Waals surface area contributed by atoms with Crippen LogP contribution >= 0.6 is 0 Å². The second-order valence-electron chi connectivity index (χ2n) is 10.4. The van der Waals surface area contributed by atoms with E-state index in [-0.39, 0.29) is 42.0 Å². The number of hydrogen-bond acceptors (Lipinski definition) is 6. The zero-order chi connectivity index (χ0) is 30.7. The smallest absolute Gasteiger partial charge is 0.247 e. The number of hydrogen-bond donors (Lipinski definition) is 2. The molecule has 1 heterocycles. The fourth-order valence-corrected chi connectivity index (χ4v) is 6.02. The van der Waals surface area contributed by atoms with Crippen LogP contribution in [0.3, 0.4) is 0 Å². The van der Waals surface area contributed by atoms with Gasteiger partial charge in [-0.1, -0.05) is 61.5 Å². The summed E-state index contributed by atoms with van der Waals surface area (Å²) in [5, 5.41) is 3.03. The number of sulfonamides is 1. The van der Waals surface area contributed by atoms with Gasteiger partial charge >= 0.3 is 0 Å². The zero-order valence-corrected chi connectivity index (χ0v) is 25.2. The Bertz CT molecular complexity index is 1430. The lowest BCUT2D eigenvalue weighted by molar-refractivity contribution is -0.141. The van der Waals surface area contributed by atoms with Crippen LogP contribution in [0.15, 0.2) is 83.8 Å². The van der Waals surface area contributed by atoms with Crippen LogP contribution in [0.4, 0.5) is 4.39 Å². The topological polar surface area (TPSA) is 108 Å². The summed E-state index contributed by atoms with van der Waals surface area (Å²) in [5.41, 5.74) is 2.14. The summed E-state index contributed by atoms with van der Waals surface area (Å²) >= 11 is 0. The summed E-state index contributed by atoms with van der Waals surface area (Å²) in [5.74, 6) is -0.944. The molecule has 2 N–H and O–H groups in total. The van der Waals surface area contributed by atoms with Gasteiger partial charge < -0.3 is 15.0 Å². The average Bonchev–Trinajstić information content (AvgIpc) is 3.02. The van der Waals surface area contributed by atoms with Crippen LogP contribution in [0, 0.1) is 5.82 Å². The van der Waals surface area contributed by atoms with Crippen molar-refractivity contribution in [2.75, 3.05) is 45.9 Å². The molecular weight excluding hydrogens is 571 g/mol. The van der Waals surface area contributed by atoms with E-state index in [1.165, 1.54) is 29.2 Å².